The second-order valence-corrected chi connectivity index (χ2v) is 7.90. The zero-order valence-corrected chi connectivity index (χ0v) is 16.5. The van der Waals surface area contributed by atoms with E-state index in [4.69, 9.17) is 0 Å². The second kappa shape index (κ2) is 8.01. The number of amidine groups is 1. The van der Waals surface area contributed by atoms with E-state index in [1.807, 2.05) is 54.6 Å². The predicted molar refractivity (Wildman–Crippen MR) is 110 cm³/mol. The number of rotatable bonds is 3. The van der Waals surface area contributed by atoms with Gasteiger partial charge in [0.1, 0.15) is 5.25 Å². The van der Waals surface area contributed by atoms with Crippen LogP contribution in [0.3, 0.4) is 0 Å². The van der Waals surface area contributed by atoms with Crippen molar-refractivity contribution in [2.75, 3.05) is 12.4 Å². The molecule has 0 aromatic heterocycles. The Morgan fingerprint density at radius 1 is 1.20 bits per heavy atom. The monoisotopic (exact) mass is 465 g/mol. The van der Waals surface area contributed by atoms with Crippen molar-refractivity contribution in [2.24, 2.45) is 4.99 Å². The molecule has 2 aromatic rings. The molecule has 5 nitrogen and oxygen atoms in total. The number of hydrogen-bond acceptors (Lipinski definition) is 4. The average molecular weight is 465 g/mol. The van der Waals surface area contributed by atoms with E-state index in [9.17, 15) is 9.59 Å². The van der Waals surface area contributed by atoms with Crippen LogP contribution in [0.2, 0.25) is 0 Å². The van der Waals surface area contributed by atoms with Crippen LogP contribution < -0.4 is 5.32 Å². The smallest absolute Gasteiger partial charge is 0.238 e. The van der Waals surface area contributed by atoms with Gasteiger partial charge in [0.05, 0.1) is 5.69 Å². The van der Waals surface area contributed by atoms with Crippen LogP contribution in [0, 0.1) is 3.57 Å². The molecule has 1 atom stereocenters. The summed E-state index contributed by atoms with van der Waals surface area (Å²) in [6.07, 6.45) is 0.158. The molecule has 1 fully saturated rings. The lowest BCUT2D eigenvalue weighted by molar-refractivity contribution is -0.128. The number of carbonyl (C=O) groups is 2. The Morgan fingerprint density at radius 2 is 1.88 bits per heavy atom. The molecule has 1 heterocycles. The standard InChI is InChI=1S/C18H16IN3O2S/c1-22-16(23)11-15(17(24)20-14-9-7-12(19)8-10-14)25-18(22)21-13-5-3-2-4-6-13/h2-10,15H,11H2,1H3,(H,20,24)/t15-/m0/s1. The van der Waals surface area contributed by atoms with Crippen molar-refractivity contribution in [3.63, 3.8) is 0 Å². The molecular weight excluding hydrogens is 449 g/mol. The number of para-hydroxylation sites is 1. The van der Waals surface area contributed by atoms with Crippen LogP contribution in [0.5, 0.6) is 0 Å². The number of anilines is 1. The van der Waals surface area contributed by atoms with Crippen LogP contribution in [0.4, 0.5) is 11.4 Å². The Labute approximate surface area is 164 Å². The van der Waals surface area contributed by atoms with Crippen molar-refractivity contribution in [1.82, 2.24) is 4.90 Å². The number of nitrogens with zero attached hydrogens (tertiary/aromatic N) is 2. The molecule has 3 rings (SSSR count). The van der Waals surface area contributed by atoms with Gasteiger partial charge in [-0.25, -0.2) is 4.99 Å². The predicted octanol–water partition coefficient (Wildman–Crippen LogP) is 3.88. The lowest BCUT2D eigenvalue weighted by atomic mass is 10.2. The summed E-state index contributed by atoms with van der Waals surface area (Å²) in [6, 6.07) is 16.9. The van der Waals surface area contributed by atoms with Crippen LogP contribution >= 0.6 is 34.4 Å². The van der Waals surface area contributed by atoms with Crippen LogP contribution in [-0.4, -0.2) is 34.2 Å². The molecule has 7 heteroatoms. The van der Waals surface area contributed by atoms with E-state index < -0.39 is 5.25 Å². The summed E-state index contributed by atoms with van der Waals surface area (Å²) < 4.78 is 1.09. The molecule has 2 amide bonds. The molecule has 1 N–H and O–H groups in total. The highest BCUT2D eigenvalue weighted by atomic mass is 127. The third-order valence-electron chi connectivity index (χ3n) is 3.65. The SMILES string of the molecule is CN1C(=O)C[C@@H](C(=O)Nc2ccc(I)cc2)SC1=Nc1ccccc1. The number of hydrogen-bond donors (Lipinski definition) is 1. The molecule has 25 heavy (non-hydrogen) atoms. The van der Waals surface area contributed by atoms with Crippen LogP contribution in [0.1, 0.15) is 6.42 Å². The Kier molecular flexibility index (Phi) is 5.74. The first-order valence-electron chi connectivity index (χ1n) is 7.66. The minimum absolute atomic E-state index is 0.115. The fraction of sp³-hybridized carbons (Fsp3) is 0.167. The number of benzene rings is 2. The number of thioether (sulfide) groups is 1. The minimum Gasteiger partial charge on any atom is -0.325 e. The lowest BCUT2D eigenvalue weighted by Crippen LogP contribution is -2.43. The van der Waals surface area contributed by atoms with Gasteiger partial charge in [0, 0.05) is 22.7 Å². The molecule has 1 aliphatic heterocycles. The van der Waals surface area contributed by atoms with Crippen molar-refractivity contribution in [3.05, 3.63) is 58.2 Å². The van der Waals surface area contributed by atoms with E-state index in [-0.39, 0.29) is 18.2 Å². The fourth-order valence-electron chi connectivity index (χ4n) is 2.27. The van der Waals surface area contributed by atoms with Crippen molar-refractivity contribution in [2.45, 2.75) is 11.7 Å². The summed E-state index contributed by atoms with van der Waals surface area (Å²) in [5.41, 5.74) is 1.47. The Hall–Kier alpha value is -1.87. The fourth-order valence-corrected chi connectivity index (χ4v) is 3.69. The van der Waals surface area contributed by atoms with E-state index >= 15 is 0 Å². The van der Waals surface area contributed by atoms with E-state index in [1.54, 1.807) is 7.05 Å². The van der Waals surface area contributed by atoms with Crippen LogP contribution in [0.25, 0.3) is 0 Å². The zero-order valence-electron chi connectivity index (χ0n) is 13.5. The largest absolute Gasteiger partial charge is 0.325 e. The van der Waals surface area contributed by atoms with Gasteiger partial charge in [0.25, 0.3) is 0 Å². The number of carbonyl (C=O) groups excluding carboxylic acids is 2. The van der Waals surface area contributed by atoms with Crippen molar-refractivity contribution >= 4 is 62.7 Å². The molecule has 0 unspecified atom stereocenters. The Bertz CT molecular complexity index is 809. The average Bonchev–Trinajstić information content (AvgIpc) is 2.61. The summed E-state index contributed by atoms with van der Waals surface area (Å²) >= 11 is 3.52. The van der Waals surface area contributed by atoms with Gasteiger partial charge in [-0.05, 0) is 59.0 Å². The first kappa shape index (κ1) is 17.9. The van der Waals surface area contributed by atoms with Gasteiger partial charge < -0.3 is 5.32 Å². The highest BCUT2D eigenvalue weighted by Gasteiger charge is 2.34. The molecule has 0 saturated carbocycles. The summed E-state index contributed by atoms with van der Waals surface area (Å²) in [4.78, 5) is 30.8. The maximum Gasteiger partial charge on any atom is 0.238 e. The third-order valence-corrected chi connectivity index (χ3v) is 5.61. The van der Waals surface area contributed by atoms with E-state index in [2.05, 4.69) is 32.9 Å². The lowest BCUT2D eigenvalue weighted by Gasteiger charge is -2.28. The highest BCUT2D eigenvalue weighted by Crippen LogP contribution is 2.29. The summed E-state index contributed by atoms with van der Waals surface area (Å²) in [5, 5.41) is 2.91. The maximum absolute atomic E-state index is 12.5. The molecular formula is C18H16IN3O2S. The number of aliphatic imine (C=N–C) groups is 1. The van der Waals surface area contributed by atoms with E-state index in [0.29, 0.717) is 5.17 Å². The quantitative estimate of drug-likeness (QED) is 0.701. The Balaban J connectivity index is 1.76. The molecule has 128 valence electrons. The minimum atomic E-state index is -0.495. The first-order chi connectivity index (χ1) is 12.0. The van der Waals surface area contributed by atoms with Crippen molar-refractivity contribution in [1.29, 1.82) is 0 Å². The number of halogens is 1. The maximum atomic E-state index is 12.5. The summed E-state index contributed by atoms with van der Waals surface area (Å²) in [5.74, 6) is -0.301. The summed E-state index contributed by atoms with van der Waals surface area (Å²) in [6.45, 7) is 0. The number of nitrogens with one attached hydrogen (secondary N) is 1. The molecule has 2 aromatic carbocycles. The van der Waals surface area contributed by atoms with Crippen LogP contribution in [-0.2, 0) is 9.59 Å². The van der Waals surface area contributed by atoms with Gasteiger partial charge >= 0.3 is 0 Å². The van der Waals surface area contributed by atoms with Crippen molar-refractivity contribution < 1.29 is 9.59 Å². The van der Waals surface area contributed by atoms with Gasteiger partial charge in [-0.3, -0.25) is 14.5 Å². The Morgan fingerprint density at radius 3 is 2.56 bits per heavy atom. The molecule has 1 aliphatic rings. The van der Waals surface area contributed by atoms with Gasteiger partial charge in [-0.2, -0.15) is 0 Å². The second-order valence-electron chi connectivity index (χ2n) is 5.49. The van der Waals surface area contributed by atoms with E-state index in [0.717, 1.165) is 14.9 Å². The highest BCUT2D eigenvalue weighted by molar-refractivity contribution is 14.1. The molecule has 0 bridgehead atoms. The van der Waals surface area contributed by atoms with Gasteiger partial charge in [-0.15, -0.1) is 0 Å². The molecule has 0 radical (unpaired) electrons. The van der Waals surface area contributed by atoms with Gasteiger partial charge in [0.15, 0.2) is 5.17 Å². The zero-order chi connectivity index (χ0) is 17.8. The third kappa shape index (κ3) is 4.60. The summed E-state index contributed by atoms with van der Waals surface area (Å²) in [7, 11) is 1.68. The molecule has 0 spiro atoms. The van der Waals surface area contributed by atoms with Crippen molar-refractivity contribution in [3.8, 4) is 0 Å². The van der Waals surface area contributed by atoms with E-state index in [1.165, 1.54) is 16.7 Å². The molecule has 0 aliphatic carbocycles. The first-order valence-corrected chi connectivity index (χ1v) is 9.62. The normalized spacial score (nSPS) is 19.1. The van der Waals surface area contributed by atoms with Gasteiger partial charge in [0.2, 0.25) is 11.8 Å². The van der Waals surface area contributed by atoms with Crippen LogP contribution in [0.15, 0.2) is 59.6 Å². The van der Waals surface area contributed by atoms with Gasteiger partial charge in [-0.1, -0.05) is 30.0 Å². The number of amides is 2. The molecule has 1 saturated heterocycles. The topological polar surface area (TPSA) is 61.8 Å².